The summed E-state index contributed by atoms with van der Waals surface area (Å²) < 4.78 is 0. The van der Waals surface area contributed by atoms with Gasteiger partial charge in [-0.15, -0.1) is 0 Å². The first kappa shape index (κ1) is 15.1. The lowest BCUT2D eigenvalue weighted by atomic mass is 10.1. The van der Waals surface area contributed by atoms with E-state index < -0.39 is 0 Å². The Hall–Kier alpha value is -1.32. The van der Waals surface area contributed by atoms with Gasteiger partial charge in [-0.05, 0) is 32.1 Å². The molecule has 4 nitrogen and oxygen atoms in total. The van der Waals surface area contributed by atoms with E-state index in [1.807, 2.05) is 7.05 Å². The average Bonchev–Trinajstić information content (AvgIpc) is 3.25. The van der Waals surface area contributed by atoms with Crippen molar-refractivity contribution >= 4 is 11.6 Å². The summed E-state index contributed by atoms with van der Waals surface area (Å²) in [5.41, 5.74) is 1.18. The molecule has 0 spiro atoms. The lowest BCUT2D eigenvalue weighted by Crippen LogP contribution is -2.30. The molecular formula is C16H28N4. The fraction of sp³-hybridized carbons (Fsp3) is 0.750. The van der Waals surface area contributed by atoms with Crippen molar-refractivity contribution in [2.75, 3.05) is 23.8 Å². The third-order valence-corrected chi connectivity index (χ3v) is 3.93. The van der Waals surface area contributed by atoms with Crippen molar-refractivity contribution in [3.8, 4) is 0 Å². The van der Waals surface area contributed by atoms with Crippen molar-refractivity contribution < 1.29 is 0 Å². The molecule has 0 atom stereocenters. The van der Waals surface area contributed by atoms with E-state index in [0.29, 0.717) is 6.04 Å². The Morgan fingerprint density at radius 1 is 1.30 bits per heavy atom. The molecule has 0 aliphatic heterocycles. The van der Waals surface area contributed by atoms with Crippen LogP contribution in [0.4, 0.5) is 11.6 Å². The highest BCUT2D eigenvalue weighted by Gasteiger charge is 2.31. The number of rotatable bonds is 7. The standard InChI is InChI=1S/C16H28N4/c1-6-14-18-15(17-5)12(4)16(19-14)20(13-7-8-13)10-9-11(2)3/h11,13H,6-10H2,1-5H3,(H,17,18,19). The Labute approximate surface area is 123 Å². The first-order valence-corrected chi connectivity index (χ1v) is 7.88. The Morgan fingerprint density at radius 2 is 2.00 bits per heavy atom. The zero-order chi connectivity index (χ0) is 14.7. The van der Waals surface area contributed by atoms with Crippen LogP contribution in [0, 0.1) is 12.8 Å². The molecule has 0 aromatic carbocycles. The SMILES string of the molecule is CCc1nc(NC)c(C)c(N(CCC(C)C)C2CC2)n1. The highest BCUT2D eigenvalue weighted by molar-refractivity contribution is 5.59. The van der Waals surface area contributed by atoms with E-state index >= 15 is 0 Å². The van der Waals surface area contributed by atoms with E-state index in [2.05, 4.69) is 42.9 Å². The second kappa shape index (κ2) is 6.42. The second-order valence-corrected chi connectivity index (χ2v) is 6.15. The monoisotopic (exact) mass is 276 g/mol. The molecule has 0 amide bonds. The minimum Gasteiger partial charge on any atom is -0.373 e. The van der Waals surface area contributed by atoms with Gasteiger partial charge < -0.3 is 10.2 Å². The molecule has 0 saturated heterocycles. The van der Waals surface area contributed by atoms with Crippen LogP contribution in [0.2, 0.25) is 0 Å². The molecule has 4 heteroatoms. The largest absolute Gasteiger partial charge is 0.373 e. The quantitative estimate of drug-likeness (QED) is 0.828. The van der Waals surface area contributed by atoms with Crippen LogP contribution in [0.15, 0.2) is 0 Å². The highest BCUT2D eigenvalue weighted by atomic mass is 15.2. The molecule has 1 aromatic heterocycles. The minimum absolute atomic E-state index is 0.691. The summed E-state index contributed by atoms with van der Waals surface area (Å²) in [6, 6.07) is 0.691. The number of aromatic nitrogens is 2. The van der Waals surface area contributed by atoms with Crippen LogP contribution in [0.25, 0.3) is 0 Å². The molecule has 0 bridgehead atoms. The average molecular weight is 276 g/mol. The Morgan fingerprint density at radius 3 is 2.50 bits per heavy atom. The van der Waals surface area contributed by atoms with Gasteiger partial charge in [0.2, 0.25) is 0 Å². The highest BCUT2D eigenvalue weighted by Crippen LogP contribution is 2.34. The van der Waals surface area contributed by atoms with Gasteiger partial charge in [0.1, 0.15) is 17.5 Å². The molecule has 1 fully saturated rings. The molecule has 1 aromatic rings. The molecular weight excluding hydrogens is 248 g/mol. The summed E-state index contributed by atoms with van der Waals surface area (Å²) in [4.78, 5) is 11.9. The molecule has 112 valence electrons. The van der Waals surface area contributed by atoms with E-state index in [1.165, 1.54) is 24.8 Å². The van der Waals surface area contributed by atoms with Gasteiger partial charge in [-0.2, -0.15) is 0 Å². The number of anilines is 2. The van der Waals surface area contributed by atoms with Crippen LogP contribution < -0.4 is 10.2 Å². The Balaban J connectivity index is 2.31. The van der Waals surface area contributed by atoms with Gasteiger partial charge in [-0.3, -0.25) is 0 Å². The van der Waals surface area contributed by atoms with Crippen LogP contribution in [0.3, 0.4) is 0 Å². The van der Waals surface area contributed by atoms with Crippen LogP contribution in [-0.2, 0) is 6.42 Å². The summed E-state index contributed by atoms with van der Waals surface area (Å²) in [6.07, 6.45) is 4.71. The fourth-order valence-corrected chi connectivity index (χ4v) is 2.48. The van der Waals surface area contributed by atoms with E-state index in [0.717, 1.165) is 36.3 Å². The van der Waals surface area contributed by atoms with Crippen molar-refractivity contribution in [2.24, 2.45) is 5.92 Å². The molecule has 1 heterocycles. The van der Waals surface area contributed by atoms with Crippen molar-refractivity contribution in [2.45, 2.75) is 59.4 Å². The lowest BCUT2D eigenvalue weighted by Gasteiger charge is -2.27. The third kappa shape index (κ3) is 3.41. The maximum absolute atomic E-state index is 4.81. The molecule has 1 N–H and O–H groups in total. The molecule has 0 unspecified atom stereocenters. The molecule has 0 radical (unpaired) electrons. The minimum atomic E-state index is 0.691. The van der Waals surface area contributed by atoms with Gasteiger partial charge in [0, 0.05) is 31.6 Å². The summed E-state index contributed by atoms with van der Waals surface area (Å²) in [6.45, 7) is 9.92. The number of nitrogens with one attached hydrogen (secondary N) is 1. The van der Waals surface area contributed by atoms with Gasteiger partial charge in [0.05, 0.1) is 0 Å². The summed E-state index contributed by atoms with van der Waals surface area (Å²) >= 11 is 0. The van der Waals surface area contributed by atoms with E-state index in [4.69, 9.17) is 4.98 Å². The number of hydrogen-bond acceptors (Lipinski definition) is 4. The van der Waals surface area contributed by atoms with Crippen LogP contribution >= 0.6 is 0 Å². The third-order valence-electron chi connectivity index (χ3n) is 3.93. The van der Waals surface area contributed by atoms with Gasteiger partial charge >= 0.3 is 0 Å². The van der Waals surface area contributed by atoms with Gasteiger partial charge in [0.25, 0.3) is 0 Å². The molecule has 1 aliphatic rings. The Bertz CT molecular complexity index is 452. The molecule has 2 rings (SSSR count). The predicted molar refractivity (Wildman–Crippen MR) is 85.5 cm³/mol. The maximum Gasteiger partial charge on any atom is 0.137 e. The predicted octanol–water partition coefficient (Wildman–Crippen LogP) is 3.40. The van der Waals surface area contributed by atoms with Crippen molar-refractivity contribution in [3.05, 3.63) is 11.4 Å². The first-order chi connectivity index (χ1) is 9.56. The lowest BCUT2D eigenvalue weighted by molar-refractivity contribution is 0.567. The van der Waals surface area contributed by atoms with Crippen molar-refractivity contribution in [1.82, 2.24) is 9.97 Å². The molecule has 1 saturated carbocycles. The van der Waals surface area contributed by atoms with Gasteiger partial charge in [-0.1, -0.05) is 20.8 Å². The maximum atomic E-state index is 4.81. The fourth-order valence-electron chi connectivity index (χ4n) is 2.48. The van der Waals surface area contributed by atoms with Gasteiger partial charge in [-0.25, -0.2) is 9.97 Å². The van der Waals surface area contributed by atoms with E-state index in [-0.39, 0.29) is 0 Å². The van der Waals surface area contributed by atoms with Crippen molar-refractivity contribution in [3.63, 3.8) is 0 Å². The van der Waals surface area contributed by atoms with Crippen LogP contribution in [-0.4, -0.2) is 29.6 Å². The Kier molecular flexibility index (Phi) is 4.84. The van der Waals surface area contributed by atoms with E-state index in [9.17, 15) is 0 Å². The topological polar surface area (TPSA) is 41.1 Å². The zero-order valence-electron chi connectivity index (χ0n) is 13.5. The van der Waals surface area contributed by atoms with E-state index in [1.54, 1.807) is 0 Å². The number of hydrogen-bond donors (Lipinski definition) is 1. The summed E-state index contributed by atoms with van der Waals surface area (Å²) in [5, 5.41) is 3.21. The second-order valence-electron chi connectivity index (χ2n) is 6.15. The zero-order valence-corrected chi connectivity index (χ0v) is 13.5. The molecule has 20 heavy (non-hydrogen) atoms. The number of aryl methyl sites for hydroxylation is 1. The first-order valence-electron chi connectivity index (χ1n) is 7.88. The molecule has 1 aliphatic carbocycles. The summed E-state index contributed by atoms with van der Waals surface area (Å²) in [5.74, 6) is 3.78. The van der Waals surface area contributed by atoms with Crippen molar-refractivity contribution in [1.29, 1.82) is 0 Å². The smallest absolute Gasteiger partial charge is 0.137 e. The van der Waals surface area contributed by atoms with Gasteiger partial charge in [0.15, 0.2) is 0 Å². The van der Waals surface area contributed by atoms with Crippen LogP contribution in [0.5, 0.6) is 0 Å². The number of nitrogens with zero attached hydrogens (tertiary/aromatic N) is 3. The summed E-state index contributed by atoms with van der Waals surface area (Å²) in [7, 11) is 1.94. The van der Waals surface area contributed by atoms with Crippen LogP contribution in [0.1, 0.15) is 51.4 Å². The normalized spacial score (nSPS) is 14.7.